The summed E-state index contributed by atoms with van der Waals surface area (Å²) in [6.07, 6.45) is 2.09. The van der Waals surface area contributed by atoms with Gasteiger partial charge in [0.15, 0.2) is 0 Å². The molecule has 5 rings (SSSR count). The van der Waals surface area contributed by atoms with Crippen LogP contribution in [0.1, 0.15) is 31.8 Å². The SMILES string of the molecule is Cc1ccc(Nc2cc(=O)n(C)cc2C(=O)O)c(F)c1.Cc1ccc(Nc2cc(=O)n(C)cc2C(=O)Oc2c(F)c(F)c(F)c(F)c2F)c(F)c1. The van der Waals surface area contributed by atoms with Gasteiger partial charge in [-0.25, -0.2) is 31.5 Å². The van der Waals surface area contributed by atoms with Crippen molar-refractivity contribution in [2.75, 3.05) is 10.6 Å². The van der Waals surface area contributed by atoms with Crippen LogP contribution in [0.25, 0.3) is 0 Å². The summed E-state index contributed by atoms with van der Waals surface area (Å²) in [5, 5.41) is 14.3. The summed E-state index contributed by atoms with van der Waals surface area (Å²) in [5.41, 5.74) is -0.641. The Hall–Kier alpha value is -6.39. The summed E-state index contributed by atoms with van der Waals surface area (Å²) in [5.74, 6) is -17.6. The number of rotatable bonds is 7. The molecule has 0 fully saturated rings. The first kappa shape index (κ1) is 37.4. The standard InChI is InChI=1S/C20H12F6N2O3.C14H13FN2O3/c1-8-3-4-11(10(21)5-8)27-12-6-13(29)28(2)7-9(12)20(30)31-19-17(25)15(23)14(22)16(24)18(19)26;1-8-3-4-11(10(15)5-8)16-12-6-13(18)17(2)7-9(12)14(19)20/h3-7,27H,1-2H3;3-7,16H,1-2H3,(H,19,20). The van der Waals surface area contributed by atoms with Crippen molar-refractivity contribution in [2.45, 2.75) is 13.8 Å². The van der Waals surface area contributed by atoms with Crippen LogP contribution in [0.2, 0.25) is 0 Å². The van der Waals surface area contributed by atoms with Crippen molar-refractivity contribution in [1.82, 2.24) is 9.13 Å². The molecule has 0 radical (unpaired) electrons. The molecule has 0 aliphatic heterocycles. The van der Waals surface area contributed by atoms with Crippen LogP contribution in [0.15, 0.2) is 70.5 Å². The van der Waals surface area contributed by atoms with Gasteiger partial charge in [-0.1, -0.05) is 12.1 Å². The van der Waals surface area contributed by atoms with Crippen molar-refractivity contribution >= 4 is 34.7 Å². The first-order chi connectivity index (χ1) is 23.9. The Morgan fingerprint density at radius 1 is 0.608 bits per heavy atom. The molecule has 0 aliphatic carbocycles. The third-order valence-corrected chi connectivity index (χ3v) is 7.06. The monoisotopic (exact) mass is 718 g/mol. The zero-order chi connectivity index (χ0) is 37.9. The van der Waals surface area contributed by atoms with E-state index >= 15 is 0 Å². The normalized spacial score (nSPS) is 10.6. The third-order valence-electron chi connectivity index (χ3n) is 7.06. The highest BCUT2D eigenvalue weighted by atomic mass is 19.2. The first-order valence-corrected chi connectivity index (χ1v) is 14.3. The number of ether oxygens (including phenoxy) is 1. The lowest BCUT2D eigenvalue weighted by Crippen LogP contribution is -2.22. The molecule has 3 N–H and O–H groups in total. The molecular weight excluding hydrogens is 693 g/mol. The number of carbonyl (C=O) groups excluding carboxylic acids is 1. The van der Waals surface area contributed by atoms with Crippen LogP contribution in [-0.4, -0.2) is 26.2 Å². The minimum atomic E-state index is -2.42. The van der Waals surface area contributed by atoms with E-state index in [0.717, 1.165) is 39.1 Å². The number of carboxylic acid groups (broad SMARTS) is 1. The third kappa shape index (κ3) is 8.26. The molecule has 10 nitrogen and oxygen atoms in total. The van der Waals surface area contributed by atoms with Crippen molar-refractivity contribution in [3.63, 3.8) is 0 Å². The summed E-state index contributed by atoms with van der Waals surface area (Å²) in [7, 11) is 2.68. The molecule has 0 saturated heterocycles. The largest absolute Gasteiger partial charge is 0.478 e. The van der Waals surface area contributed by atoms with E-state index in [1.165, 1.54) is 44.6 Å². The lowest BCUT2D eigenvalue weighted by molar-refractivity contribution is 0.0692. The van der Waals surface area contributed by atoms with Gasteiger partial charge in [-0.15, -0.1) is 0 Å². The van der Waals surface area contributed by atoms with Crippen molar-refractivity contribution in [3.05, 3.63) is 145 Å². The van der Waals surface area contributed by atoms with Crippen LogP contribution in [-0.2, 0) is 14.1 Å². The molecule has 0 unspecified atom stereocenters. The fraction of sp³-hybridized carbons (Fsp3) is 0.118. The highest BCUT2D eigenvalue weighted by molar-refractivity contribution is 5.97. The number of nitrogens with one attached hydrogen (secondary N) is 2. The number of hydrogen-bond acceptors (Lipinski definition) is 7. The number of carbonyl (C=O) groups is 2. The molecule has 0 bridgehead atoms. The number of esters is 1. The number of benzene rings is 3. The summed E-state index contributed by atoms with van der Waals surface area (Å²) in [4.78, 5) is 47.2. The number of aromatic carboxylic acids is 1. The number of nitrogens with zero attached hydrogens (tertiary/aromatic N) is 2. The fourth-order valence-electron chi connectivity index (χ4n) is 4.35. The van der Waals surface area contributed by atoms with E-state index in [0.29, 0.717) is 5.56 Å². The number of hydrogen-bond donors (Lipinski definition) is 3. The van der Waals surface area contributed by atoms with Gasteiger partial charge < -0.3 is 29.6 Å². The van der Waals surface area contributed by atoms with Gasteiger partial charge in [0, 0.05) is 38.6 Å². The van der Waals surface area contributed by atoms with Crippen LogP contribution >= 0.6 is 0 Å². The number of carboxylic acids is 1. The van der Waals surface area contributed by atoms with Crippen molar-refractivity contribution < 1.29 is 50.2 Å². The number of aromatic nitrogens is 2. The fourth-order valence-corrected chi connectivity index (χ4v) is 4.35. The zero-order valence-corrected chi connectivity index (χ0v) is 26.8. The quantitative estimate of drug-likeness (QED) is 0.0553. The lowest BCUT2D eigenvalue weighted by Gasteiger charge is -2.14. The van der Waals surface area contributed by atoms with Crippen LogP contribution < -0.4 is 26.5 Å². The Bertz CT molecular complexity index is 2300. The van der Waals surface area contributed by atoms with Gasteiger partial charge in [-0.05, 0) is 49.2 Å². The van der Waals surface area contributed by atoms with Gasteiger partial charge in [-0.2, -0.15) is 8.78 Å². The number of halogens is 7. The molecule has 0 saturated carbocycles. The van der Waals surface area contributed by atoms with Crippen LogP contribution in [0.5, 0.6) is 5.75 Å². The second kappa shape index (κ2) is 15.0. The van der Waals surface area contributed by atoms with Crippen molar-refractivity contribution in [3.8, 4) is 5.75 Å². The Morgan fingerprint density at radius 3 is 1.41 bits per heavy atom. The molecule has 17 heteroatoms. The maximum absolute atomic E-state index is 14.1. The number of aryl methyl sites for hydroxylation is 4. The second-order valence-corrected chi connectivity index (χ2v) is 10.9. The highest BCUT2D eigenvalue weighted by Gasteiger charge is 2.30. The second-order valence-electron chi connectivity index (χ2n) is 10.9. The van der Waals surface area contributed by atoms with Gasteiger partial charge >= 0.3 is 11.9 Å². The average Bonchev–Trinajstić information content (AvgIpc) is 3.06. The van der Waals surface area contributed by atoms with E-state index in [1.54, 1.807) is 19.9 Å². The Kier molecular flexibility index (Phi) is 11.0. The smallest absolute Gasteiger partial charge is 0.347 e. The number of anilines is 4. The minimum absolute atomic E-state index is 0.0587. The molecule has 2 aromatic heterocycles. The molecule has 5 aromatic rings. The van der Waals surface area contributed by atoms with Crippen LogP contribution in [0.4, 0.5) is 53.5 Å². The van der Waals surface area contributed by atoms with Gasteiger partial charge in [-0.3, -0.25) is 9.59 Å². The predicted octanol–water partition coefficient (Wildman–Crippen LogP) is 6.77. The van der Waals surface area contributed by atoms with E-state index in [2.05, 4.69) is 15.4 Å². The van der Waals surface area contributed by atoms with E-state index in [-0.39, 0.29) is 33.9 Å². The van der Waals surface area contributed by atoms with E-state index in [4.69, 9.17) is 5.11 Å². The maximum atomic E-state index is 14.1. The first-order valence-electron chi connectivity index (χ1n) is 14.3. The Labute approximate surface area is 283 Å². The Balaban J connectivity index is 0.000000251. The predicted molar refractivity (Wildman–Crippen MR) is 170 cm³/mol. The topological polar surface area (TPSA) is 132 Å². The van der Waals surface area contributed by atoms with Crippen LogP contribution in [0.3, 0.4) is 0 Å². The highest BCUT2D eigenvalue weighted by Crippen LogP contribution is 2.31. The van der Waals surface area contributed by atoms with Crippen LogP contribution in [0, 0.1) is 54.6 Å². The molecule has 0 aliphatic rings. The van der Waals surface area contributed by atoms with E-state index in [1.807, 2.05) is 0 Å². The Morgan fingerprint density at radius 2 is 1.00 bits per heavy atom. The molecule has 0 spiro atoms. The summed E-state index contributed by atoms with van der Waals surface area (Å²) >= 11 is 0. The molecular formula is C34H25F7N4O6. The minimum Gasteiger partial charge on any atom is -0.478 e. The molecule has 0 atom stereocenters. The maximum Gasteiger partial charge on any atom is 0.347 e. The van der Waals surface area contributed by atoms with E-state index in [9.17, 15) is 49.9 Å². The van der Waals surface area contributed by atoms with Gasteiger partial charge in [0.05, 0.1) is 28.3 Å². The van der Waals surface area contributed by atoms with Gasteiger partial charge in [0.1, 0.15) is 17.2 Å². The van der Waals surface area contributed by atoms with Gasteiger partial charge in [0.2, 0.25) is 34.8 Å². The summed E-state index contributed by atoms with van der Waals surface area (Å²) < 4.78 is 102. The van der Waals surface area contributed by atoms with E-state index < -0.39 is 69.5 Å². The summed E-state index contributed by atoms with van der Waals surface area (Å²) in [6.45, 7) is 3.37. The molecule has 3 aromatic carbocycles. The van der Waals surface area contributed by atoms with Crippen molar-refractivity contribution in [1.29, 1.82) is 0 Å². The lowest BCUT2D eigenvalue weighted by atomic mass is 10.2. The molecule has 0 amide bonds. The molecule has 51 heavy (non-hydrogen) atoms. The zero-order valence-electron chi connectivity index (χ0n) is 26.8. The summed E-state index contributed by atoms with van der Waals surface area (Å²) in [6, 6.07) is 10.5. The molecule has 2 heterocycles. The molecule has 266 valence electrons. The number of pyridine rings is 2. The average molecular weight is 719 g/mol. The van der Waals surface area contributed by atoms with Crippen molar-refractivity contribution in [2.24, 2.45) is 14.1 Å². The van der Waals surface area contributed by atoms with Gasteiger partial charge in [0.25, 0.3) is 11.1 Å².